The number of nitrogens with zero attached hydrogens (tertiary/aromatic N) is 2. The number of hydrogen-bond donors (Lipinski definition) is 1. The molecule has 0 aliphatic carbocycles. The van der Waals surface area contributed by atoms with E-state index in [-0.39, 0.29) is 0 Å². The fourth-order valence-electron chi connectivity index (χ4n) is 3.29. The highest BCUT2D eigenvalue weighted by atomic mass is 16.2. The van der Waals surface area contributed by atoms with E-state index in [4.69, 9.17) is 0 Å². The Morgan fingerprint density at radius 1 is 0.786 bits per heavy atom. The van der Waals surface area contributed by atoms with Crippen LogP contribution in [-0.2, 0) is 0 Å². The summed E-state index contributed by atoms with van der Waals surface area (Å²) in [6.45, 7) is 4.06. The summed E-state index contributed by atoms with van der Waals surface area (Å²) in [5, 5.41) is 9.99. The summed E-state index contributed by atoms with van der Waals surface area (Å²) in [5.41, 5.74) is 1.86. The molecule has 4 heteroatoms. The molecule has 0 radical (unpaired) electrons. The summed E-state index contributed by atoms with van der Waals surface area (Å²) in [4.78, 5) is 4.61. The summed E-state index contributed by atoms with van der Waals surface area (Å²) >= 11 is 0. The Morgan fingerprint density at radius 2 is 1.32 bits per heavy atom. The van der Waals surface area contributed by atoms with Gasteiger partial charge in [0.25, 0.3) is 0 Å². The minimum Gasteiger partial charge on any atom is -0.443 e. The van der Waals surface area contributed by atoms with Gasteiger partial charge < -0.3 is 14.8 Å². The number of hydrogen-bond acceptors (Lipinski definition) is 3. The van der Waals surface area contributed by atoms with E-state index in [1.165, 1.54) is 45.1 Å². The highest BCUT2D eigenvalue weighted by molar-refractivity contribution is 6.78. The van der Waals surface area contributed by atoms with Gasteiger partial charge in [-0.05, 0) is 17.3 Å². The highest BCUT2D eigenvalue weighted by Crippen LogP contribution is 2.08. The van der Waals surface area contributed by atoms with Crippen LogP contribution in [0.5, 0.6) is 0 Å². The fraction of sp³-hybridized carbons (Fsp3) is 0.417. The van der Waals surface area contributed by atoms with Crippen molar-refractivity contribution >= 4 is 17.8 Å². The van der Waals surface area contributed by atoms with Crippen LogP contribution in [0.4, 0.5) is 0 Å². The van der Waals surface area contributed by atoms with Gasteiger partial charge in [-0.25, -0.2) is 0 Å². The van der Waals surface area contributed by atoms with Gasteiger partial charge in [0.15, 0.2) is 0 Å². The predicted molar refractivity (Wildman–Crippen MR) is 122 cm³/mol. The zero-order chi connectivity index (χ0) is 20.0. The van der Waals surface area contributed by atoms with Gasteiger partial charge in [0.1, 0.15) is 0 Å². The Kier molecular flexibility index (Phi) is 10.3. The molecule has 0 saturated carbocycles. The summed E-state index contributed by atoms with van der Waals surface area (Å²) in [5.74, 6) is 0. The number of benzene rings is 2. The first-order valence-corrected chi connectivity index (χ1v) is 10.6. The van der Waals surface area contributed by atoms with Gasteiger partial charge in [0, 0.05) is 26.0 Å². The van der Waals surface area contributed by atoms with Gasteiger partial charge >= 0.3 is 6.92 Å². The summed E-state index contributed by atoms with van der Waals surface area (Å²) in [6.07, 6.45) is 12.7. The van der Waals surface area contributed by atoms with Crippen LogP contribution in [-0.4, -0.2) is 42.0 Å². The first-order chi connectivity index (χ1) is 13.7. The second-order valence-electron chi connectivity index (χ2n) is 7.50. The van der Waals surface area contributed by atoms with E-state index in [9.17, 15) is 5.02 Å². The third-order valence-corrected chi connectivity index (χ3v) is 4.97. The highest BCUT2D eigenvalue weighted by Gasteiger charge is 2.15. The molecule has 1 aliphatic rings. The van der Waals surface area contributed by atoms with Crippen LogP contribution in [0.25, 0.3) is 0 Å². The number of rotatable bonds is 9. The maximum Gasteiger partial charge on any atom is 0.358 e. The third kappa shape index (κ3) is 8.22. The van der Waals surface area contributed by atoms with E-state index in [1.54, 1.807) is 0 Å². The van der Waals surface area contributed by atoms with Crippen LogP contribution in [0, 0.1) is 0 Å². The van der Waals surface area contributed by atoms with Crippen molar-refractivity contribution in [3.05, 3.63) is 73.1 Å². The first kappa shape index (κ1) is 22.1. The van der Waals surface area contributed by atoms with Crippen LogP contribution in [0.1, 0.15) is 45.4 Å². The lowest BCUT2D eigenvalue weighted by atomic mass is 9.56. The van der Waals surface area contributed by atoms with Crippen LogP contribution in [0.15, 0.2) is 73.1 Å². The Labute approximate surface area is 171 Å². The smallest absolute Gasteiger partial charge is 0.358 e. The molecule has 1 N–H and O–H groups in total. The molecule has 28 heavy (non-hydrogen) atoms. The summed E-state index contributed by atoms with van der Waals surface area (Å²) < 4.78 is 0. The minimum absolute atomic E-state index is 0.516. The van der Waals surface area contributed by atoms with Gasteiger partial charge in [-0.1, -0.05) is 99.7 Å². The van der Waals surface area contributed by atoms with Crippen LogP contribution in [0.2, 0.25) is 0 Å². The maximum absolute atomic E-state index is 9.99. The molecule has 0 unspecified atom stereocenters. The molecule has 0 saturated heterocycles. The van der Waals surface area contributed by atoms with E-state index in [2.05, 4.69) is 36.2 Å². The van der Waals surface area contributed by atoms with Gasteiger partial charge in [-0.2, -0.15) is 0 Å². The van der Waals surface area contributed by atoms with E-state index >= 15 is 0 Å². The quantitative estimate of drug-likeness (QED) is 0.531. The van der Waals surface area contributed by atoms with Crippen molar-refractivity contribution in [1.29, 1.82) is 0 Å². The molecule has 0 bridgehead atoms. The minimum atomic E-state index is -0.516. The van der Waals surface area contributed by atoms with Crippen molar-refractivity contribution in [3.63, 3.8) is 0 Å². The Hall–Kier alpha value is -2.20. The molecule has 3 nitrogen and oxygen atoms in total. The molecule has 0 fully saturated rings. The van der Waals surface area contributed by atoms with Gasteiger partial charge in [-0.3, -0.25) is 0 Å². The molecule has 0 amide bonds. The average molecular weight is 378 g/mol. The molecule has 2 aromatic rings. The van der Waals surface area contributed by atoms with Gasteiger partial charge in [-0.15, -0.1) is 0 Å². The lowest BCUT2D eigenvalue weighted by molar-refractivity contribution is 0.290. The zero-order valence-corrected chi connectivity index (χ0v) is 17.5. The van der Waals surface area contributed by atoms with E-state index < -0.39 is 6.92 Å². The molecule has 0 spiro atoms. The Morgan fingerprint density at radius 3 is 1.82 bits per heavy atom. The van der Waals surface area contributed by atoms with Crippen molar-refractivity contribution in [2.24, 2.45) is 0 Å². The van der Waals surface area contributed by atoms with Crippen molar-refractivity contribution in [2.45, 2.75) is 45.4 Å². The van der Waals surface area contributed by atoms with Gasteiger partial charge in [0.05, 0.1) is 6.67 Å². The standard InChI is InChI=1S/C12H11BO.C12H24N2/c14-13(11-7-3-1-4-8-11)12-9-5-2-6-10-12;1-3-4-5-6-7-8-9-14-11-10-13(2)12-14/h1-10,14H;10-11H,3-9,12H2,1-2H3. The second-order valence-corrected chi connectivity index (χ2v) is 7.50. The monoisotopic (exact) mass is 378 g/mol. The predicted octanol–water partition coefficient (Wildman–Crippen LogP) is 3.81. The van der Waals surface area contributed by atoms with E-state index in [0.717, 1.165) is 17.6 Å². The molecule has 3 rings (SSSR count). The normalized spacial score (nSPS) is 12.7. The lowest BCUT2D eigenvalue weighted by Crippen LogP contribution is -2.41. The largest absolute Gasteiger partial charge is 0.443 e. The summed E-state index contributed by atoms with van der Waals surface area (Å²) in [6, 6.07) is 19.3. The SMILES string of the molecule is CCCCCCCCN1C=CN(C)C1.OB(c1ccccc1)c1ccccc1. The van der Waals surface area contributed by atoms with Crippen LogP contribution < -0.4 is 10.9 Å². The fourth-order valence-corrected chi connectivity index (χ4v) is 3.29. The Bertz CT molecular complexity index is 623. The third-order valence-electron chi connectivity index (χ3n) is 4.97. The van der Waals surface area contributed by atoms with E-state index in [1.807, 2.05) is 60.7 Å². The molecular formula is C24H35BN2O. The molecular weight excluding hydrogens is 343 g/mol. The lowest BCUT2D eigenvalue weighted by Gasteiger charge is -2.17. The molecule has 150 valence electrons. The second kappa shape index (κ2) is 13.1. The Balaban J connectivity index is 0.000000200. The zero-order valence-electron chi connectivity index (χ0n) is 17.5. The first-order valence-electron chi connectivity index (χ1n) is 10.6. The van der Waals surface area contributed by atoms with Crippen LogP contribution >= 0.6 is 0 Å². The maximum atomic E-state index is 9.99. The van der Waals surface area contributed by atoms with Crippen molar-refractivity contribution in [3.8, 4) is 0 Å². The van der Waals surface area contributed by atoms with Crippen LogP contribution in [0.3, 0.4) is 0 Å². The van der Waals surface area contributed by atoms with Gasteiger partial charge in [0.2, 0.25) is 0 Å². The van der Waals surface area contributed by atoms with Crippen molar-refractivity contribution in [1.82, 2.24) is 9.80 Å². The topological polar surface area (TPSA) is 26.7 Å². The molecule has 1 heterocycles. The van der Waals surface area contributed by atoms with E-state index in [0.29, 0.717) is 0 Å². The summed E-state index contributed by atoms with van der Waals surface area (Å²) in [7, 11) is 2.12. The van der Waals surface area contributed by atoms with Crippen molar-refractivity contribution in [2.75, 3.05) is 20.3 Å². The average Bonchev–Trinajstić information content (AvgIpc) is 3.17. The molecule has 2 aromatic carbocycles. The molecule has 0 atom stereocenters. The molecule has 1 aliphatic heterocycles. The van der Waals surface area contributed by atoms with Crippen molar-refractivity contribution < 1.29 is 5.02 Å². The number of unbranched alkanes of at least 4 members (excludes halogenated alkanes) is 5. The molecule has 0 aromatic heterocycles.